The van der Waals surface area contributed by atoms with Crippen LogP contribution in [0.5, 0.6) is 0 Å². The third-order valence-corrected chi connectivity index (χ3v) is 3.47. The Morgan fingerprint density at radius 3 is 2.38 bits per heavy atom. The molecule has 0 fully saturated rings. The molecule has 0 aliphatic carbocycles. The van der Waals surface area contributed by atoms with Gasteiger partial charge in [-0.05, 0) is 43.3 Å². The molecule has 0 saturated carbocycles. The van der Waals surface area contributed by atoms with Crippen LogP contribution in [0.3, 0.4) is 0 Å². The second-order valence-corrected chi connectivity index (χ2v) is 5.02. The highest BCUT2D eigenvalue weighted by Crippen LogP contribution is 2.23. The number of hydrogen-bond acceptors (Lipinski definition) is 2. The summed E-state index contributed by atoms with van der Waals surface area (Å²) in [4.78, 5) is 11.3. The smallest absolute Gasteiger partial charge is 0.356 e. The summed E-state index contributed by atoms with van der Waals surface area (Å²) in [5.41, 5.74) is 1.39. The number of hydrogen-bond donors (Lipinski definition) is 1. The van der Waals surface area contributed by atoms with E-state index in [1.165, 1.54) is 0 Å². The lowest BCUT2D eigenvalue weighted by atomic mass is 10.2. The minimum atomic E-state index is -1.05. The van der Waals surface area contributed by atoms with Crippen molar-refractivity contribution >= 4 is 17.6 Å². The molecule has 5 nitrogen and oxygen atoms in total. The summed E-state index contributed by atoms with van der Waals surface area (Å²) in [6.07, 6.45) is 3.70. The molecule has 0 unspecified atom stereocenters. The molecule has 0 amide bonds. The van der Waals surface area contributed by atoms with E-state index in [1.807, 2.05) is 29.1 Å². The maximum atomic E-state index is 11.3. The largest absolute Gasteiger partial charge is 0.476 e. The van der Waals surface area contributed by atoms with Gasteiger partial charge in [0, 0.05) is 23.0 Å². The van der Waals surface area contributed by atoms with Gasteiger partial charge in [-0.2, -0.15) is 5.10 Å². The number of rotatable bonds is 3. The van der Waals surface area contributed by atoms with Crippen LogP contribution in [0, 0.1) is 6.92 Å². The summed E-state index contributed by atoms with van der Waals surface area (Å²) in [5.74, 6) is -0.353. The molecule has 0 bridgehead atoms. The van der Waals surface area contributed by atoms with Crippen LogP contribution in [0.4, 0.5) is 0 Å². The van der Waals surface area contributed by atoms with Crippen molar-refractivity contribution in [2.75, 3.05) is 0 Å². The molecule has 3 aromatic rings. The first-order chi connectivity index (χ1) is 10.1. The molecule has 3 rings (SSSR count). The zero-order chi connectivity index (χ0) is 15.0. The van der Waals surface area contributed by atoms with Gasteiger partial charge in [0.1, 0.15) is 5.82 Å². The highest BCUT2D eigenvalue weighted by molar-refractivity contribution is 6.30. The van der Waals surface area contributed by atoms with Crippen LogP contribution in [0.2, 0.25) is 5.02 Å². The van der Waals surface area contributed by atoms with Gasteiger partial charge >= 0.3 is 5.97 Å². The topological polar surface area (TPSA) is 60.0 Å². The van der Waals surface area contributed by atoms with Crippen molar-refractivity contribution in [2.24, 2.45) is 0 Å². The molecule has 2 heterocycles. The van der Waals surface area contributed by atoms with E-state index in [0.717, 1.165) is 5.69 Å². The number of halogens is 1. The zero-order valence-corrected chi connectivity index (χ0v) is 11.9. The lowest BCUT2D eigenvalue weighted by Gasteiger charge is -2.09. The fourth-order valence-electron chi connectivity index (χ4n) is 2.23. The molecule has 2 aromatic heterocycles. The molecule has 1 N–H and O–H groups in total. The van der Waals surface area contributed by atoms with Gasteiger partial charge in [-0.1, -0.05) is 11.6 Å². The zero-order valence-electron chi connectivity index (χ0n) is 11.2. The number of carboxylic acid groups (broad SMARTS) is 1. The maximum Gasteiger partial charge on any atom is 0.356 e. The molecular weight excluding hydrogens is 290 g/mol. The van der Waals surface area contributed by atoms with Gasteiger partial charge in [0.15, 0.2) is 5.69 Å². The van der Waals surface area contributed by atoms with Crippen LogP contribution in [0.25, 0.3) is 11.5 Å². The molecule has 0 saturated heterocycles. The van der Waals surface area contributed by atoms with E-state index in [9.17, 15) is 9.90 Å². The Morgan fingerprint density at radius 1 is 1.19 bits per heavy atom. The quantitative estimate of drug-likeness (QED) is 0.807. The SMILES string of the molecule is Cc1c(C(=O)O)nn(-c2ccc(Cl)cc2)c1-n1cccc1. The van der Waals surface area contributed by atoms with Crippen molar-refractivity contribution in [1.82, 2.24) is 14.3 Å². The maximum absolute atomic E-state index is 11.3. The van der Waals surface area contributed by atoms with E-state index in [-0.39, 0.29) is 5.69 Å². The Labute approximate surface area is 126 Å². The number of aromatic carboxylic acids is 1. The van der Waals surface area contributed by atoms with E-state index in [2.05, 4.69) is 5.10 Å². The first-order valence-electron chi connectivity index (χ1n) is 6.30. The summed E-state index contributed by atoms with van der Waals surface area (Å²) >= 11 is 5.90. The number of carbonyl (C=O) groups is 1. The van der Waals surface area contributed by atoms with Crippen LogP contribution < -0.4 is 0 Å². The molecule has 6 heteroatoms. The first kappa shape index (κ1) is 13.5. The monoisotopic (exact) mass is 301 g/mol. The molecule has 106 valence electrons. The van der Waals surface area contributed by atoms with Crippen molar-refractivity contribution < 1.29 is 9.90 Å². The summed E-state index contributed by atoms with van der Waals surface area (Å²) in [5, 5.41) is 14.1. The van der Waals surface area contributed by atoms with Crippen molar-refractivity contribution in [1.29, 1.82) is 0 Å². The van der Waals surface area contributed by atoms with Crippen molar-refractivity contribution in [3.63, 3.8) is 0 Å². The van der Waals surface area contributed by atoms with Crippen LogP contribution in [0.1, 0.15) is 16.1 Å². The number of benzene rings is 1. The standard InChI is InChI=1S/C15H12ClN3O2/c1-10-13(15(20)21)17-19(12-6-4-11(16)5-7-12)14(10)18-8-2-3-9-18/h2-9H,1H3,(H,20,21). The molecular formula is C15H12ClN3O2. The van der Waals surface area contributed by atoms with Crippen LogP contribution >= 0.6 is 11.6 Å². The minimum Gasteiger partial charge on any atom is -0.476 e. The Hall–Kier alpha value is -2.53. The van der Waals surface area contributed by atoms with Gasteiger partial charge in [0.25, 0.3) is 0 Å². The lowest BCUT2D eigenvalue weighted by molar-refractivity contribution is 0.0689. The van der Waals surface area contributed by atoms with Crippen LogP contribution in [-0.4, -0.2) is 25.4 Å². The molecule has 21 heavy (non-hydrogen) atoms. The second kappa shape index (κ2) is 5.10. The normalized spacial score (nSPS) is 10.8. The van der Waals surface area contributed by atoms with Gasteiger partial charge in [-0.3, -0.25) is 0 Å². The Balaban J connectivity index is 2.26. The second-order valence-electron chi connectivity index (χ2n) is 4.58. The Kier molecular flexibility index (Phi) is 3.27. The summed E-state index contributed by atoms with van der Waals surface area (Å²) < 4.78 is 3.44. The van der Waals surface area contributed by atoms with Gasteiger partial charge in [0.05, 0.1) is 5.69 Å². The van der Waals surface area contributed by atoms with E-state index in [0.29, 0.717) is 16.4 Å². The number of nitrogens with zero attached hydrogens (tertiary/aromatic N) is 3. The predicted molar refractivity (Wildman–Crippen MR) is 79.6 cm³/mol. The van der Waals surface area contributed by atoms with Crippen molar-refractivity contribution in [3.05, 3.63) is 65.1 Å². The van der Waals surface area contributed by atoms with Crippen molar-refractivity contribution in [2.45, 2.75) is 6.92 Å². The number of carboxylic acids is 1. The Morgan fingerprint density at radius 2 is 1.81 bits per heavy atom. The highest BCUT2D eigenvalue weighted by Gasteiger charge is 2.21. The highest BCUT2D eigenvalue weighted by atomic mass is 35.5. The molecule has 0 aliphatic heterocycles. The van der Waals surface area contributed by atoms with E-state index in [4.69, 9.17) is 11.6 Å². The van der Waals surface area contributed by atoms with Gasteiger partial charge in [-0.25, -0.2) is 9.48 Å². The molecule has 1 aromatic carbocycles. The first-order valence-corrected chi connectivity index (χ1v) is 6.68. The van der Waals surface area contributed by atoms with Gasteiger partial charge in [-0.15, -0.1) is 0 Å². The van der Waals surface area contributed by atoms with E-state index < -0.39 is 5.97 Å². The third-order valence-electron chi connectivity index (χ3n) is 3.21. The Bertz CT molecular complexity index is 789. The molecule has 0 radical (unpaired) electrons. The van der Waals surface area contributed by atoms with Crippen LogP contribution in [0.15, 0.2) is 48.8 Å². The molecule has 0 aliphatic rings. The molecule has 0 spiro atoms. The van der Waals surface area contributed by atoms with Gasteiger partial charge in [0.2, 0.25) is 0 Å². The average molecular weight is 302 g/mol. The predicted octanol–water partition coefficient (Wildman–Crippen LogP) is 3.32. The number of aromatic nitrogens is 3. The third kappa shape index (κ3) is 2.32. The van der Waals surface area contributed by atoms with Crippen molar-refractivity contribution in [3.8, 4) is 11.5 Å². The van der Waals surface area contributed by atoms with Crippen LogP contribution in [-0.2, 0) is 0 Å². The van der Waals surface area contributed by atoms with E-state index in [1.54, 1.807) is 35.9 Å². The molecule has 0 atom stereocenters. The summed E-state index contributed by atoms with van der Waals surface area (Å²) in [6, 6.07) is 10.8. The summed E-state index contributed by atoms with van der Waals surface area (Å²) in [7, 11) is 0. The lowest BCUT2D eigenvalue weighted by Crippen LogP contribution is -2.05. The van der Waals surface area contributed by atoms with E-state index >= 15 is 0 Å². The minimum absolute atomic E-state index is 0.0358. The summed E-state index contributed by atoms with van der Waals surface area (Å²) in [6.45, 7) is 1.75. The average Bonchev–Trinajstić information content (AvgIpc) is 3.06. The fraction of sp³-hybridized carbons (Fsp3) is 0.0667. The van der Waals surface area contributed by atoms with Gasteiger partial charge < -0.3 is 9.67 Å². The fourth-order valence-corrected chi connectivity index (χ4v) is 2.36.